The van der Waals surface area contributed by atoms with E-state index in [9.17, 15) is 0 Å². The largest absolute Gasteiger partial charge is 0.381 e. The Labute approximate surface area is 78.4 Å². The third-order valence-corrected chi connectivity index (χ3v) is 3.25. The van der Waals surface area contributed by atoms with Crippen LogP contribution in [0.3, 0.4) is 0 Å². The predicted octanol–water partition coefficient (Wildman–Crippen LogP) is 0.608. The molecule has 1 heterocycles. The van der Waals surface area contributed by atoms with Crippen molar-refractivity contribution in [3.05, 3.63) is 0 Å². The quantitative estimate of drug-likeness (QED) is 0.492. The topological polar surface area (TPSA) is 47.3 Å². The highest BCUT2D eigenvalue weighted by Crippen LogP contribution is 2.19. The van der Waals surface area contributed by atoms with Gasteiger partial charge in [0.1, 0.15) is 0 Å². The second-order valence-electron chi connectivity index (χ2n) is 3.06. The number of nitrogens with two attached hydrogens (primary N) is 1. The van der Waals surface area contributed by atoms with Gasteiger partial charge in [0.25, 0.3) is 0 Å². The fourth-order valence-corrected chi connectivity index (χ4v) is 2.29. The van der Waals surface area contributed by atoms with Crippen LogP contribution in [0.4, 0.5) is 0 Å². The molecule has 1 aliphatic rings. The molecule has 2 unspecified atom stereocenters. The molecule has 3 nitrogen and oxygen atoms in total. The van der Waals surface area contributed by atoms with Gasteiger partial charge in [-0.15, -0.1) is 0 Å². The van der Waals surface area contributed by atoms with Crippen molar-refractivity contribution in [2.75, 3.05) is 24.7 Å². The molecule has 0 bridgehead atoms. The van der Waals surface area contributed by atoms with Crippen LogP contribution in [0.25, 0.3) is 0 Å². The molecular weight excluding hydrogens is 172 g/mol. The first kappa shape index (κ1) is 10.3. The summed E-state index contributed by atoms with van der Waals surface area (Å²) < 4.78 is 5.32. The van der Waals surface area contributed by atoms with Crippen LogP contribution in [0.15, 0.2) is 0 Å². The second kappa shape index (κ2) is 5.80. The van der Waals surface area contributed by atoms with E-state index >= 15 is 0 Å². The zero-order chi connectivity index (χ0) is 8.81. The molecule has 0 saturated carbocycles. The standard InChI is InChI=1S/C8H18N2OS/c1-2-12-6-8(10-9)7-3-4-11-5-7/h7-8,10H,2-6,9H2,1H3. The summed E-state index contributed by atoms with van der Waals surface area (Å²) >= 11 is 1.93. The van der Waals surface area contributed by atoms with Gasteiger partial charge in [0, 0.05) is 24.3 Å². The van der Waals surface area contributed by atoms with E-state index in [4.69, 9.17) is 10.6 Å². The summed E-state index contributed by atoms with van der Waals surface area (Å²) in [6, 6.07) is 0.428. The normalized spacial score (nSPS) is 26.0. The lowest BCUT2D eigenvalue weighted by Gasteiger charge is -2.20. The summed E-state index contributed by atoms with van der Waals surface area (Å²) in [6.45, 7) is 3.95. The van der Waals surface area contributed by atoms with Crippen LogP contribution in [0.1, 0.15) is 13.3 Å². The Balaban J connectivity index is 2.22. The zero-order valence-electron chi connectivity index (χ0n) is 7.58. The van der Waals surface area contributed by atoms with E-state index in [1.165, 1.54) is 0 Å². The van der Waals surface area contributed by atoms with Crippen molar-refractivity contribution >= 4 is 11.8 Å². The van der Waals surface area contributed by atoms with E-state index in [-0.39, 0.29) is 0 Å². The molecular formula is C8H18N2OS. The number of hydrogen-bond donors (Lipinski definition) is 2. The van der Waals surface area contributed by atoms with Gasteiger partial charge in [0.15, 0.2) is 0 Å². The Hall–Kier alpha value is 0.230. The summed E-state index contributed by atoms with van der Waals surface area (Å²) in [5.41, 5.74) is 2.88. The fraction of sp³-hybridized carbons (Fsp3) is 1.00. The SMILES string of the molecule is CCSCC(NN)C1CCOC1. The summed E-state index contributed by atoms with van der Waals surface area (Å²) in [4.78, 5) is 0. The van der Waals surface area contributed by atoms with Crippen molar-refractivity contribution < 1.29 is 4.74 Å². The summed E-state index contributed by atoms with van der Waals surface area (Å²) in [5.74, 6) is 8.35. The number of nitrogens with one attached hydrogen (secondary N) is 1. The molecule has 4 heteroatoms. The molecule has 0 aromatic heterocycles. The van der Waals surface area contributed by atoms with Gasteiger partial charge in [0.05, 0.1) is 6.61 Å². The molecule has 0 amide bonds. The van der Waals surface area contributed by atoms with E-state index in [1.807, 2.05) is 11.8 Å². The molecule has 0 aromatic rings. The van der Waals surface area contributed by atoms with Gasteiger partial charge >= 0.3 is 0 Å². The summed E-state index contributed by atoms with van der Waals surface area (Å²) in [7, 11) is 0. The molecule has 0 radical (unpaired) electrons. The lowest BCUT2D eigenvalue weighted by molar-refractivity contribution is 0.179. The average molecular weight is 190 g/mol. The first-order chi connectivity index (χ1) is 5.88. The summed E-state index contributed by atoms with van der Waals surface area (Å²) in [6.07, 6.45) is 1.15. The van der Waals surface area contributed by atoms with Gasteiger partial charge in [0.2, 0.25) is 0 Å². The number of ether oxygens (including phenoxy) is 1. The Morgan fingerprint density at radius 2 is 2.58 bits per heavy atom. The molecule has 2 atom stereocenters. The van der Waals surface area contributed by atoms with Crippen LogP contribution in [0, 0.1) is 5.92 Å². The van der Waals surface area contributed by atoms with Crippen molar-refractivity contribution in [2.24, 2.45) is 11.8 Å². The third-order valence-electron chi connectivity index (χ3n) is 2.25. The van der Waals surface area contributed by atoms with Crippen molar-refractivity contribution in [3.8, 4) is 0 Å². The Morgan fingerprint density at radius 3 is 3.08 bits per heavy atom. The highest BCUT2D eigenvalue weighted by Gasteiger charge is 2.24. The minimum atomic E-state index is 0.428. The minimum absolute atomic E-state index is 0.428. The lowest BCUT2D eigenvalue weighted by atomic mass is 10.0. The Morgan fingerprint density at radius 1 is 1.75 bits per heavy atom. The second-order valence-corrected chi connectivity index (χ2v) is 4.38. The predicted molar refractivity (Wildman–Crippen MR) is 53.0 cm³/mol. The Kier molecular flexibility index (Phi) is 4.99. The fourth-order valence-electron chi connectivity index (χ4n) is 1.44. The maximum absolute atomic E-state index is 5.47. The number of rotatable bonds is 5. The van der Waals surface area contributed by atoms with E-state index in [0.717, 1.165) is 31.1 Å². The molecule has 0 spiro atoms. The van der Waals surface area contributed by atoms with Crippen LogP contribution in [-0.2, 0) is 4.74 Å². The van der Waals surface area contributed by atoms with Gasteiger partial charge in [-0.05, 0) is 12.2 Å². The number of hydrogen-bond acceptors (Lipinski definition) is 4. The Bertz CT molecular complexity index is 118. The van der Waals surface area contributed by atoms with E-state index in [0.29, 0.717) is 12.0 Å². The highest BCUT2D eigenvalue weighted by atomic mass is 32.2. The maximum atomic E-state index is 5.47. The van der Waals surface area contributed by atoms with Crippen molar-refractivity contribution in [3.63, 3.8) is 0 Å². The van der Waals surface area contributed by atoms with Crippen LogP contribution >= 0.6 is 11.8 Å². The van der Waals surface area contributed by atoms with E-state index in [1.54, 1.807) is 0 Å². The molecule has 1 rings (SSSR count). The number of thioether (sulfide) groups is 1. The van der Waals surface area contributed by atoms with Gasteiger partial charge in [-0.3, -0.25) is 11.3 Å². The molecule has 0 aliphatic carbocycles. The summed E-state index contributed by atoms with van der Waals surface area (Å²) in [5, 5.41) is 0. The van der Waals surface area contributed by atoms with Gasteiger partial charge in [-0.25, -0.2) is 0 Å². The highest BCUT2D eigenvalue weighted by molar-refractivity contribution is 7.99. The van der Waals surface area contributed by atoms with Crippen LogP contribution in [-0.4, -0.2) is 30.8 Å². The first-order valence-electron chi connectivity index (χ1n) is 4.50. The van der Waals surface area contributed by atoms with Crippen molar-refractivity contribution in [1.82, 2.24) is 5.43 Å². The lowest BCUT2D eigenvalue weighted by Crippen LogP contribution is -2.43. The minimum Gasteiger partial charge on any atom is -0.381 e. The number of hydrazine groups is 1. The molecule has 12 heavy (non-hydrogen) atoms. The van der Waals surface area contributed by atoms with E-state index in [2.05, 4.69) is 12.3 Å². The molecule has 1 fully saturated rings. The van der Waals surface area contributed by atoms with Gasteiger partial charge in [-0.2, -0.15) is 11.8 Å². The van der Waals surface area contributed by atoms with Crippen molar-refractivity contribution in [2.45, 2.75) is 19.4 Å². The molecule has 1 saturated heterocycles. The van der Waals surface area contributed by atoms with Crippen molar-refractivity contribution in [1.29, 1.82) is 0 Å². The van der Waals surface area contributed by atoms with Gasteiger partial charge in [-0.1, -0.05) is 6.92 Å². The average Bonchev–Trinajstić information content (AvgIpc) is 2.59. The van der Waals surface area contributed by atoms with Crippen LogP contribution in [0.2, 0.25) is 0 Å². The maximum Gasteiger partial charge on any atom is 0.0510 e. The first-order valence-corrected chi connectivity index (χ1v) is 5.65. The van der Waals surface area contributed by atoms with Crippen LogP contribution in [0.5, 0.6) is 0 Å². The molecule has 0 aromatic carbocycles. The third kappa shape index (κ3) is 2.94. The van der Waals surface area contributed by atoms with E-state index < -0.39 is 0 Å². The molecule has 72 valence electrons. The smallest absolute Gasteiger partial charge is 0.0510 e. The molecule has 1 aliphatic heterocycles. The monoisotopic (exact) mass is 190 g/mol. The molecule has 3 N–H and O–H groups in total. The van der Waals surface area contributed by atoms with Crippen LogP contribution < -0.4 is 11.3 Å². The van der Waals surface area contributed by atoms with Gasteiger partial charge < -0.3 is 4.74 Å². The zero-order valence-corrected chi connectivity index (χ0v) is 8.40.